The lowest BCUT2D eigenvalue weighted by Gasteiger charge is -2.41. The standard InChI is InChI=1S/C18H20F3N5O/c1-25-8-6-14-15(23-11-22-14)17(25)7-9-26(10-17)16(27)24-13-5-3-2-4-12(13)18(19,20)21/h2-5,11H,6-10H2,1H3,(H,22,23)(H,24,27). The summed E-state index contributed by atoms with van der Waals surface area (Å²) >= 11 is 0. The summed E-state index contributed by atoms with van der Waals surface area (Å²) in [5, 5.41) is 2.43. The maximum absolute atomic E-state index is 13.2. The van der Waals surface area contributed by atoms with Gasteiger partial charge >= 0.3 is 12.2 Å². The highest BCUT2D eigenvalue weighted by molar-refractivity contribution is 5.90. The molecule has 6 nitrogen and oxygen atoms in total. The molecule has 0 aliphatic carbocycles. The molecule has 144 valence electrons. The molecule has 1 aromatic heterocycles. The summed E-state index contributed by atoms with van der Waals surface area (Å²) in [5.41, 5.74) is 0.527. The number of carbonyl (C=O) groups is 1. The summed E-state index contributed by atoms with van der Waals surface area (Å²) in [7, 11) is 2.00. The first kappa shape index (κ1) is 17.8. The average Bonchev–Trinajstić information content (AvgIpc) is 3.26. The number of hydrogen-bond acceptors (Lipinski definition) is 3. The van der Waals surface area contributed by atoms with E-state index in [9.17, 15) is 18.0 Å². The fourth-order valence-electron chi connectivity index (χ4n) is 4.09. The highest BCUT2D eigenvalue weighted by Crippen LogP contribution is 2.41. The molecule has 0 saturated carbocycles. The minimum absolute atomic E-state index is 0.228. The van der Waals surface area contributed by atoms with Crippen molar-refractivity contribution in [1.29, 1.82) is 0 Å². The molecule has 2 aromatic rings. The van der Waals surface area contributed by atoms with Crippen LogP contribution in [0.1, 0.15) is 23.4 Å². The van der Waals surface area contributed by atoms with Gasteiger partial charge in [0.15, 0.2) is 0 Å². The number of nitrogens with zero attached hydrogens (tertiary/aromatic N) is 3. The van der Waals surface area contributed by atoms with Gasteiger partial charge in [-0.25, -0.2) is 9.78 Å². The van der Waals surface area contributed by atoms with Crippen molar-refractivity contribution in [2.45, 2.75) is 24.6 Å². The third-order valence-corrected chi connectivity index (χ3v) is 5.60. The van der Waals surface area contributed by atoms with Crippen LogP contribution in [0.15, 0.2) is 30.6 Å². The van der Waals surface area contributed by atoms with Crippen molar-refractivity contribution < 1.29 is 18.0 Å². The smallest absolute Gasteiger partial charge is 0.348 e. The maximum atomic E-state index is 13.2. The number of hydrogen-bond donors (Lipinski definition) is 2. The normalized spacial score (nSPS) is 22.9. The molecule has 2 aliphatic rings. The van der Waals surface area contributed by atoms with Crippen LogP contribution in [-0.2, 0) is 18.1 Å². The number of aromatic nitrogens is 2. The Morgan fingerprint density at radius 3 is 2.85 bits per heavy atom. The van der Waals surface area contributed by atoms with E-state index in [1.165, 1.54) is 18.2 Å². The Balaban J connectivity index is 1.55. The first-order valence-corrected chi connectivity index (χ1v) is 8.77. The van der Waals surface area contributed by atoms with Crippen molar-refractivity contribution in [2.75, 3.05) is 32.0 Å². The maximum Gasteiger partial charge on any atom is 0.418 e. The van der Waals surface area contributed by atoms with Crippen LogP contribution in [0.5, 0.6) is 0 Å². The first-order chi connectivity index (χ1) is 12.8. The molecule has 3 heterocycles. The Labute approximate surface area is 154 Å². The molecule has 2 amide bonds. The number of urea groups is 1. The van der Waals surface area contributed by atoms with E-state index in [1.54, 1.807) is 11.2 Å². The number of amides is 2. The van der Waals surface area contributed by atoms with Crippen molar-refractivity contribution in [3.05, 3.63) is 47.5 Å². The topological polar surface area (TPSA) is 64.3 Å². The molecule has 2 N–H and O–H groups in total. The third kappa shape index (κ3) is 2.95. The van der Waals surface area contributed by atoms with Crippen LogP contribution in [-0.4, -0.2) is 52.5 Å². The summed E-state index contributed by atoms with van der Waals surface area (Å²) in [6.45, 7) is 1.68. The minimum atomic E-state index is -4.52. The number of rotatable bonds is 1. The van der Waals surface area contributed by atoms with Crippen LogP contribution in [0, 0.1) is 0 Å². The molecule has 9 heteroatoms. The lowest BCUT2D eigenvalue weighted by Crippen LogP contribution is -2.51. The summed E-state index contributed by atoms with van der Waals surface area (Å²) < 4.78 is 39.5. The number of likely N-dealkylation sites (N-methyl/N-ethyl adjacent to an activating group) is 1. The van der Waals surface area contributed by atoms with Crippen molar-refractivity contribution in [3.63, 3.8) is 0 Å². The Hall–Kier alpha value is -2.55. The SMILES string of the molecule is CN1CCc2[nH]cnc2C12CCN(C(=O)Nc1ccccc1C(F)(F)F)C2. The summed E-state index contributed by atoms with van der Waals surface area (Å²) in [6.07, 6.45) is -1.31. The number of likely N-dealkylation sites (tertiary alicyclic amines) is 1. The number of benzene rings is 1. The quantitative estimate of drug-likeness (QED) is 0.801. The van der Waals surface area contributed by atoms with Gasteiger partial charge in [-0.2, -0.15) is 13.2 Å². The van der Waals surface area contributed by atoms with Crippen molar-refractivity contribution in [3.8, 4) is 0 Å². The van der Waals surface area contributed by atoms with Crippen LogP contribution >= 0.6 is 0 Å². The zero-order chi connectivity index (χ0) is 19.2. The van der Waals surface area contributed by atoms with Crippen LogP contribution in [0.25, 0.3) is 0 Å². The summed E-state index contributed by atoms with van der Waals surface area (Å²) in [5.74, 6) is 0. The van der Waals surface area contributed by atoms with Gasteiger partial charge in [0.1, 0.15) is 0 Å². The number of halogens is 3. The van der Waals surface area contributed by atoms with E-state index in [2.05, 4.69) is 20.2 Å². The van der Waals surface area contributed by atoms with Crippen LogP contribution in [0.3, 0.4) is 0 Å². The predicted octanol–water partition coefficient (Wildman–Crippen LogP) is 3.05. The number of alkyl halides is 3. The van der Waals surface area contributed by atoms with Gasteiger partial charge in [0.25, 0.3) is 0 Å². The number of para-hydroxylation sites is 1. The number of nitrogens with one attached hydrogen (secondary N) is 2. The van der Waals surface area contributed by atoms with E-state index in [1.807, 2.05) is 7.05 Å². The fraction of sp³-hybridized carbons (Fsp3) is 0.444. The summed E-state index contributed by atoms with van der Waals surface area (Å²) in [4.78, 5) is 24.0. The molecule has 1 aromatic carbocycles. The second kappa shape index (κ2) is 6.26. The van der Waals surface area contributed by atoms with Crippen LogP contribution < -0.4 is 5.32 Å². The molecular weight excluding hydrogens is 359 g/mol. The minimum Gasteiger partial charge on any atom is -0.348 e. The number of imidazole rings is 1. The lowest BCUT2D eigenvalue weighted by molar-refractivity contribution is -0.136. The van der Waals surface area contributed by atoms with E-state index in [-0.39, 0.29) is 5.69 Å². The van der Waals surface area contributed by atoms with E-state index < -0.39 is 23.3 Å². The van der Waals surface area contributed by atoms with Crippen molar-refractivity contribution in [1.82, 2.24) is 19.8 Å². The van der Waals surface area contributed by atoms with E-state index in [0.29, 0.717) is 19.5 Å². The van der Waals surface area contributed by atoms with E-state index in [0.717, 1.165) is 30.4 Å². The van der Waals surface area contributed by atoms with Gasteiger partial charge in [0.05, 0.1) is 28.8 Å². The van der Waals surface area contributed by atoms with Crippen molar-refractivity contribution >= 4 is 11.7 Å². The second-order valence-corrected chi connectivity index (χ2v) is 7.08. The molecule has 1 fully saturated rings. The van der Waals surface area contributed by atoms with Gasteiger partial charge in [-0.3, -0.25) is 4.90 Å². The van der Waals surface area contributed by atoms with Gasteiger partial charge in [-0.15, -0.1) is 0 Å². The zero-order valence-electron chi connectivity index (χ0n) is 14.8. The zero-order valence-corrected chi connectivity index (χ0v) is 14.8. The molecule has 0 bridgehead atoms. The molecule has 1 spiro atoms. The first-order valence-electron chi connectivity index (χ1n) is 8.77. The predicted molar refractivity (Wildman–Crippen MR) is 93.3 cm³/mol. The largest absolute Gasteiger partial charge is 0.418 e. The van der Waals surface area contributed by atoms with Gasteiger partial charge in [0.2, 0.25) is 0 Å². The van der Waals surface area contributed by atoms with E-state index >= 15 is 0 Å². The van der Waals surface area contributed by atoms with Crippen LogP contribution in [0.4, 0.5) is 23.7 Å². The van der Waals surface area contributed by atoms with Gasteiger partial charge < -0.3 is 15.2 Å². The number of carbonyl (C=O) groups excluding carboxylic acids is 1. The fourth-order valence-corrected chi connectivity index (χ4v) is 4.09. The highest BCUT2D eigenvalue weighted by atomic mass is 19.4. The average molecular weight is 379 g/mol. The number of H-pyrrole nitrogens is 1. The number of fused-ring (bicyclic) bond motifs is 2. The number of aromatic amines is 1. The van der Waals surface area contributed by atoms with Gasteiger partial charge in [-0.1, -0.05) is 12.1 Å². The molecule has 1 unspecified atom stereocenters. The third-order valence-electron chi connectivity index (χ3n) is 5.60. The molecule has 4 rings (SSSR count). The molecule has 2 aliphatic heterocycles. The summed E-state index contributed by atoms with van der Waals surface area (Å²) in [6, 6.07) is 4.48. The Morgan fingerprint density at radius 1 is 1.30 bits per heavy atom. The molecule has 0 radical (unpaired) electrons. The molecule has 27 heavy (non-hydrogen) atoms. The highest BCUT2D eigenvalue weighted by Gasteiger charge is 2.49. The van der Waals surface area contributed by atoms with Gasteiger partial charge in [0, 0.05) is 31.7 Å². The lowest BCUT2D eigenvalue weighted by atomic mass is 9.87. The molecule has 1 atom stereocenters. The monoisotopic (exact) mass is 379 g/mol. The Kier molecular flexibility index (Phi) is 4.14. The number of anilines is 1. The Morgan fingerprint density at radius 2 is 2.07 bits per heavy atom. The van der Waals surface area contributed by atoms with Gasteiger partial charge in [-0.05, 0) is 25.6 Å². The van der Waals surface area contributed by atoms with Crippen LogP contribution in [0.2, 0.25) is 0 Å². The second-order valence-electron chi connectivity index (χ2n) is 7.08. The van der Waals surface area contributed by atoms with E-state index in [4.69, 9.17) is 0 Å². The Bertz CT molecular complexity index is 865. The molecule has 1 saturated heterocycles. The molecular formula is C18H20F3N5O. The van der Waals surface area contributed by atoms with Crippen molar-refractivity contribution in [2.24, 2.45) is 0 Å².